The number of ether oxygens (including phenoxy) is 1. The molecule has 2 aromatic heterocycles. The van der Waals surface area contributed by atoms with Gasteiger partial charge >= 0.3 is 0 Å². The smallest absolute Gasteiger partial charge is 0.259 e. The summed E-state index contributed by atoms with van der Waals surface area (Å²) in [5, 5.41) is 7.46. The maximum atomic E-state index is 13.1. The number of pyridine rings is 1. The van der Waals surface area contributed by atoms with E-state index in [-0.39, 0.29) is 11.8 Å². The first-order valence-electron chi connectivity index (χ1n) is 9.73. The van der Waals surface area contributed by atoms with E-state index in [4.69, 9.17) is 4.74 Å². The summed E-state index contributed by atoms with van der Waals surface area (Å²) in [7, 11) is 0. The highest BCUT2D eigenvalue weighted by Crippen LogP contribution is 2.33. The first kappa shape index (κ1) is 18.2. The monoisotopic (exact) mass is 376 g/mol. The largest absolute Gasteiger partial charge is 0.477 e. The Labute approximate surface area is 164 Å². The zero-order valence-electron chi connectivity index (χ0n) is 16.0. The Morgan fingerprint density at radius 2 is 2.11 bits per heavy atom. The van der Waals surface area contributed by atoms with Gasteiger partial charge in [0.2, 0.25) is 5.88 Å². The van der Waals surface area contributed by atoms with Crippen molar-refractivity contribution < 1.29 is 9.53 Å². The molecule has 1 aromatic carbocycles. The van der Waals surface area contributed by atoms with Gasteiger partial charge in [-0.1, -0.05) is 30.3 Å². The second kappa shape index (κ2) is 8.25. The van der Waals surface area contributed by atoms with Crippen molar-refractivity contribution in [2.45, 2.75) is 25.7 Å². The molecule has 1 aliphatic heterocycles. The van der Waals surface area contributed by atoms with E-state index < -0.39 is 0 Å². The van der Waals surface area contributed by atoms with E-state index in [1.54, 1.807) is 18.3 Å². The van der Waals surface area contributed by atoms with Crippen LogP contribution in [-0.4, -0.2) is 45.7 Å². The molecular weight excluding hydrogens is 352 g/mol. The second-order valence-electron chi connectivity index (χ2n) is 6.94. The highest BCUT2D eigenvalue weighted by atomic mass is 16.5. The van der Waals surface area contributed by atoms with Crippen LogP contribution in [0.1, 0.15) is 41.7 Å². The lowest BCUT2D eigenvalue weighted by Gasteiger charge is -2.33. The summed E-state index contributed by atoms with van der Waals surface area (Å²) in [5.74, 6) is 0.605. The Hall–Kier alpha value is -3.15. The van der Waals surface area contributed by atoms with Crippen LogP contribution in [0, 0.1) is 0 Å². The van der Waals surface area contributed by atoms with Gasteiger partial charge in [0, 0.05) is 36.5 Å². The third-order valence-electron chi connectivity index (χ3n) is 5.15. The minimum absolute atomic E-state index is 0.0259. The molecule has 1 unspecified atom stereocenters. The van der Waals surface area contributed by atoms with Crippen molar-refractivity contribution >= 4 is 5.91 Å². The number of benzene rings is 1. The molecule has 144 valence electrons. The summed E-state index contributed by atoms with van der Waals surface area (Å²) < 4.78 is 5.55. The molecule has 28 heavy (non-hydrogen) atoms. The lowest BCUT2D eigenvalue weighted by molar-refractivity contribution is 0.0701. The molecule has 4 rings (SSSR count). The fourth-order valence-electron chi connectivity index (χ4n) is 3.83. The van der Waals surface area contributed by atoms with Gasteiger partial charge in [0.05, 0.1) is 12.8 Å². The third-order valence-corrected chi connectivity index (χ3v) is 5.15. The number of carbonyl (C=O) groups excluding carboxylic acids is 1. The molecule has 0 bridgehead atoms. The molecule has 3 heterocycles. The zero-order chi connectivity index (χ0) is 19.3. The van der Waals surface area contributed by atoms with Crippen molar-refractivity contribution in [2.24, 2.45) is 0 Å². The predicted octanol–water partition coefficient (Wildman–Crippen LogP) is 3.89. The molecule has 0 radical (unpaired) electrons. The SMILES string of the molecule is CCOc1ncccc1C(=O)N1CCCC(c2[nH]ncc2-c2ccccc2)C1. The van der Waals surface area contributed by atoms with E-state index in [1.807, 2.05) is 36.2 Å². The Morgan fingerprint density at radius 3 is 2.93 bits per heavy atom. The molecule has 6 nitrogen and oxygen atoms in total. The highest BCUT2D eigenvalue weighted by Gasteiger charge is 2.29. The Balaban J connectivity index is 1.56. The lowest BCUT2D eigenvalue weighted by Crippen LogP contribution is -2.39. The van der Waals surface area contributed by atoms with Gasteiger partial charge in [-0.15, -0.1) is 0 Å². The van der Waals surface area contributed by atoms with E-state index in [2.05, 4.69) is 27.3 Å². The fraction of sp³-hybridized carbons (Fsp3) is 0.318. The number of amides is 1. The van der Waals surface area contributed by atoms with Crippen molar-refractivity contribution in [3.05, 3.63) is 66.1 Å². The molecule has 1 aliphatic rings. The normalized spacial score (nSPS) is 16.8. The van der Waals surface area contributed by atoms with Crippen LogP contribution < -0.4 is 4.74 Å². The standard InChI is InChI=1S/C22H24N4O2/c1-2-28-21-18(11-6-12-23-21)22(27)26-13-7-10-17(15-26)20-19(14-24-25-20)16-8-4-3-5-9-16/h3-6,8-9,11-12,14,17H,2,7,10,13,15H2,1H3,(H,24,25). The molecule has 1 fully saturated rings. The molecule has 0 saturated carbocycles. The van der Waals surface area contributed by atoms with Crippen LogP contribution in [0.2, 0.25) is 0 Å². The molecule has 6 heteroatoms. The van der Waals surface area contributed by atoms with Crippen LogP contribution in [-0.2, 0) is 0 Å². The number of piperidine rings is 1. The Morgan fingerprint density at radius 1 is 1.25 bits per heavy atom. The highest BCUT2D eigenvalue weighted by molar-refractivity contribution is 5.96. The topological polar surface area (TPSA) is 71.1 Å². The van der Waals surface area contributed by atoms with Crippen LogP contribution in [0.3, 0.4) is 0 Å². The summed E-state index contributed by atoms with van der Waals surface area (Å²) in [5.41, 5.74) is 3.87. The number of nitrogens with zero attached hydrogens (tertiary/aromatic N) is 3. The average Bonchev–Trinajstić information content (AvgIpc) is 3.25. The summed E-state index contributed by atoms with van der Waals surface area (Å²) >= 11 is 0. The molecule has 1 saturated heterocycles. The number of hydrogen-bond acceptors (Lipinski definition) is 4. The van der Waals surface area contributed by atoms with E-state index in [1.165, 1.54) is 0 Å². The van der Waals surface area contributed by atoms with E-state index in [0.29, 0.717) is 24.6 Å². The minimum atomic E-state index is -0.0259. The van der Waals surface area contributed by atoms with Crippen molar-refractivity contribution in [3.8, 4) is 17.0 Å². The number of H-pyrrole nitrogens is 1. The number of hydrogen-bond donors (Lipinski definition) is 1. The fourth-order valence-corrected chi connectivity index (χ4v) is 3.83. The van der Waals surface area contributed by atoms with Crippen LogP contribution in [0.5, 0.6) is 5.88 Å². The molecule has 1 amide bonds. The first-order valence-corrected chi connectivity index (χ1v) is 9.73. The molecule has 0 spiro atoms. The first-order chi connectivity index (χ1) is 13.8. The van der Waals surface area contributed by atoms with Crippen LogP contribution >= 0.6 is 0 Å². The maximum Gasteiger partial charge on any atom is 0.259 e. The average molecular weight is 376 g/mol. The van der Waals surface area contributed by atoms with Crippen LogP contribution in [0.15, 0.2) is 54.9 Å². The number of aromatic amines is 1. The van der Waals surface area contributed by atoms with E-state index in [9.17, 15) is 4.79 Å². The van der Waals surface area contributed by atoms with Crippen molar-refractivity contribution in [2.75, 3.05) is 19.7 Å². The lowest BCUT2D eigenvalue weighted by atomic mass is 9.90. The number of nitrogens with one attached hydrogen (secondary N) is 1. The predicted molar refractivity (Wildman–Crippen MR) is 107 cm³/mol. The van der Waals surface area contributed by atoms with E-state index >= 15 is 0 Å². The number of aromatic nitrogens is 3. The molecule has 0 aliphatic carbocycles. The summed E-state index contributed by atoms with van der Waals surface area (Å²) in [6, 6.07) is 13.8. The van der Waals surface area contributed by atoms with Gasteiger partial charge in [-0.3, -0.25) is 9.89 Å². The summed E-state index contributed by atoms with van der Waals surface area (Å²) in [6.45, 7) is 3.77. The molecule has 1 atom stereocenters. The van der Waals surface area contributed by atoms with Gasteiger partial charge in [-0.25, -0.2) is 4.98 Å². The van der Waals surface area contributed by atoms with Crippen molar-refractivity contribution in [1.29, 1.82) is 0 Å². The zero-order valence-corrected chi connectivity index (χ0v) is 16.0. The molecule has 3 aromatic rings. The van der Waals surface area contributed by atoms with Crippen molar-refractivity contribution in [1.82, 2.24) is 20.1 Å². The quantitative estimate of drug-likeness (QED) is 0.733. The van der Waals surface area contributed by atoms with Crippen molar-refractivity contribution in [3.63, 3.8) is 0 Å². The second-order valence-corrected chi connectivity index (χ2v) is 6.94. The number of likely N-dealkylation sites (tertiary alicyclic amines) is 1. The Bertz CT molecular complexity index is 938. The van der Waals surface area contributed by atoms with Gasteiger partial charge in [-0.05, 0) is 37.5 Å². The number of carbonyl (C=O) groups is 1. The molecule has 1 N–H and O–H groups in total. The molecular formula is C22H24N4O2. The van der Waals surface area contributed by atoms with Gasteiger partial charge in [0.1, 0.15) is 5.56 Å². The van der Waals surface area contributed by atoms with Crippen LogP contribution in [0.4, 0.5) is 0 Å². The van der Waals surface area contributed by atoms with Gasteiger partial charge in [0.15, 0.2) is 0 Å². The third kappa shape index (κ3) is 3.63. The minimum Gasteiger partial charge on any atom is -0.477 e. The Kier molecular flexibility index (Phi) is 5.37. The number of rotatable bonds is 5. The van der Waals surface area contributed by atoms with Crippen LogP contribution in [0.25, 0.3) is 11.1 Å². The van der Waals surface area contributed by atoms with Gasteiger partial charge in [0.25, 0.3) is 5.91 Å². The van der Waals surface area contributed by atoms with Gasteiger partial charge in [-0.2, -0.15) is 5.10 Å². The summed E-state index contributed by atoms with van der Waals surface area (Å²) in [4.78, 5) is 19.3. The summed E-state index contributed by atoms with van der Waals surface area (Å²) in [6.07, 6.45) is 5.50. The van der Waals surface area contributed by atoms with E-state index in [0.717, 1.165) is 36.2 Å². The van der Waals surface area contributed by atoms with Gasteiger partial charge < -0.3 is 9.64 Å². The maximum absolute atomic E-state index is 13.1.